The minimum atomic E-state index is -1.68. The van der Waals surface area contributed by atoms with Crippen LogP contribution in [0.4, 0.5) is 9.59 Å². The Morgan fingerprint density at radius 3 is 1.95 bits per heavy atom. The lowest BCUT2D eigenvalue weighted by atomic mass is 9.93. The van der Waals surface area contributed by atoms with Crippen molar-refractivity contribution >= 4 is 46.4 Å². The van der Waals surface area contributed by atoms with Gasteiger partial charge in [-0.3, -0.25) is 4.90 Å². The van der Waals surface area contributed by atoms with Crippen LogP contribution in [0.1, 0.15) is 59.6 Å². The average molecular weight is 635 g/mol. The number of halogens is 1. The molecule has 2 amide bonds. The number of nitrogens with zero attached hydrogens (tertiary/aromatic N) is 1. The van der Waals surface area contributed by atoms with Gasteiger partial charge in [0.1, 0.15) is 17.8 Å². The third-order valence-electron chi connectivity index (χ3n) is 5.64. The van der Waals surface area contributed by atoms with E-state index >= 15 is 0 Å². The van der Waals surface area contributed by atoms with Crippen LogP contribution in [0, 0.1) is 0 Å². The molecular formula is C29H35IN2O6. The molecule has 0 bridgehead atoms. The van der Waals surface area contributed by atoms with Gasteiger partial charge in [0.05, 0.1) is 11.7 Å². The van der Waals surface area contributed by atoms with E-state index in [0.29, 0.717) is 14.8 Å². The normalized spacial score (nSPS) is 19.7. The Balaban J connectivity index is 2.12. The highest BCUT2D eigenvalue weighted by Gasteiger charge is 2.60. The summed E-state index contributed by atoms with van der Waals surface area (Å²) in [6, 6.07) is 17.5. The molecule has 0 aliphatic carbocycles. The molecule has 0 fully saturated rings. The molecule has 1 N–H and O–H groups in total. The lowest BCUT2D eigenvalue weighted by Crippen LogP contribution is -2.63. The Morgan fingerprint density at radius 2 is 1.42 bits per heavy atom. The number of alkyl carbamates (subject to hydrolysis) is 1. The first-order valence-corrected chi connectivity index (χ1v) is 13.4. The van der Waals surface area contributed by atoms with Crippen molar-refractivity contribution in [3.05, 3.63) is 75.4 Å². The SMILES string of the molecule is CC(C)(C)OC(=O)N[C@H]1C(I)=C(c2ccccc2)N(C(=O)OCc2ccccc2)[C@@]1(C)C(=O)OC(C)(C)C. The Morgan fingerprint density at radius 1 is 0.895 bits per heavy atom. The minimum Gasteiger partial charge on any atom is -0.458 e. The molecule has 2 atom stereocenters. The molecule has 0 aromatic heterocycles. The van der Waals surface area contributed by atoms with Gasteiger partial charge in [0.25, 0.3) is 0 Å². The van der Waals surface area contributed by atoms with Crippen molar-refractivity contribution in [1.82, 2.24) is 10.2 Å². The summed E-state index contributed by atoms with van der Waals surface area (Å²) in [5, 5.41) is 2.82. The summed E-state index contributed by atoms with van der Waals surface area (Å²) in [6.45, 7) is 12.0. The summed E-state index contributed by atoms with van der Waals surface area (Å²) in [7, 11) is 0. The van der Waals surface area contributed by atoms with Crippen LogP contribution in [0.25, 0.3) is 5.70 Å². The van der Waals surface area contributed by atoms with Gasteiger partial charge < -0.3 is 19.5 Å². The van der Waals surface area contributed by atoms with Crippen LogP contribution in [0.2, 0.25) is 0 Å². The van der Waals surface area contributed by atoms with Gasteiger partial charge in [0, 0.05) is 3.58 Å². The van der Waals surface area contributed by atoms with E-state index < -0.39 is 40.9 Å². The van der Waals surface area contributed by atoms with Crippen LogP contribution in [0.5, 0.6) is 0 Å². The summed E-state index contributed by atoms with van der Waals surface area (Å²) in [5.41, 5.74) is -1.38. The van der Waals surface area contributed by atoms with Crippen molar-refractivity contribution in [2.45, 2.75) is 77.9 Å². The Labute approximate surface area is 237 Å². The molecule has 1 heterocycles. The highest BCUT2D eigenvalue weighted by molar-refractivity contribution is 14.1. The van der Waals surface area contributed by atoms with E-state index in [-0.39, 0.29) is 6.61 Å². The molecule has 0 unspecified atom stereocenters. The molecule has 2 aromatic rings. The standard InChI is InChI=1S/C29H35IN2O6/c1-27(2,3)37-24(33)29(7)23(31-25(34)38-28(4,5)6)21(30)22(20-16-12-9-13-17-20)32(29)26(35)36-18-19-14-10-8-11-15-19/h8-17,23H,18H2,1-7H3,(H,31,34)/t23-,29+/m0/s1. The van der Waals surface area contributed by atoms with E-state index in [2.05, 4.69) is 27.9 Å². The fourth-order valence-corrected chi connectivity index (χ4v) is 5.31. The average Bonchev–Trinajstić information content (AvgIpc) is 3.04. The largest absolute Gasteiger partial charge is 0.458 e. The molecule has 3 rings (SSSR count). The third-order valence-corrected chi connectivity index (χ3v) is 6.77. The van der Waals surface area contributed by atoms with Crippen molar-refractivity contribution in [3.8, 4) is 0 Å². The monoisotopic (exact) mass is 634 g/mol. The van der Waals surface area contributed by atoms with E-state index in [1.54, 1.807) is 48.5 Å². The fraction of sp³-hybridized carbons (Fsp3) is 0.414. The summed E-state index contributed by atoms with van der Waals surface area (Å²) < 4.78 is 17.6. The van der Waals surface area contributed by atoms with Gasteiger partial charge in [-0.05, 0) is 82.2 Å². The molecular weight excluding hydrogens is 599 g/mol. The second-order valence-electron chi connectivity index (χ2n) is 11.2. The third kappa shape index (κ3) is 6.86. The number of ether oxygens (including phenoxy) is 3. The van der Waals surface area contributed by atoms with Crippen molar-refractivity contribution < 1.29 is 28.6 Å². The predicted molar refractivity (Wildman–Crippen MR) is 153 cm³/mol. The first kappa shape index (κ1) is 29.5. The molecule has 204 valence electrons. The summed E-state index contributed by atoms with van der Waals surface area (Å²) in [6.07, 6.45) is -1.47. The number of carbonyl (C=O) groups excluding carboxylic acids is 3. The smallest absolute Gasteiger partial charge is 0.415 e. The van der Waals surface area contributed by atoms with Crippen molar-refractivity contribution in [1.29, 1.82) is 0 Å². The van der Waals surface area contributed by atoms with E-state index in [1.165, 1.54) is 4.90 Å². The first-order valence-electron chi connectivity index (χ1n) is 12.3. The number of carbonyl (C=O) groups is 3. The quantitative estimate of drug-likeness (QED) is 0.231. The molecule has 0 saturated heterocycles. The molecule has 38 heavy (non-hydrogen) atoms. The van der Waals surface area contributed by atoms with Crippen molar-refractivity contribution in [2.24, 2.45) is 0 Å². The van der Waals surface area contributed by atoms with Gasteiger partial charge in [-0.2, -0.15) is 0 Å². The Hall–Kier alpha value is -3.08. The fourth-order valence-electron chi connectivity index (χ4n) is 4.00. The highest BCUT2D eigenvalue weighted by atomic mass is 127. The Bertz CT molecular complexity index is 1200. The summed E-state index contributed by atoms with van der Waals surface area (Å²) in [4.78, 5) is 41.9. The van der Waals surface area contributed by atoms with Crippen LogP contribution >= 0.6 is 22.6 Å². The number of amides is 2. The number of benzene rings is 2. The summed E-state index contributed by atoms with van der Waals surface area (Å²) >= 11 is 2.07. The van der Waals surface area contributed by atoms with Gasteiger partial charge in [-0.15, -0.1) is 0 Å². The maximum Gasteiger partial charge on any atom is 0.415 e. The van der Waals surface area contributed by atoms with E-state index in [9.17, 15) is 14.4 Å². The van der Waals surface area contributed by atoms with Gasteiger partial charge in [-0.25, -0.2) is 14.4 Å². The van der Waals surface area contributed by atoms with Crippen LogP contribution in [0.3, 0.4) is 0 Å². The zero-order valence-corrected chi connectivity index (χ0v) is 25.0. The van der Waals surface area contributed by atoms with E-state index in [0.717, 1.165) is 5.56 Å². The van der Waals surface area contributed by atoms with Crippen LogP contribution in [0.15, 0.2) is 64.2 Å². The zero-order valence-electron chi connectivity index (χ0n) is 22.8. The molecule has 2 aromatic carbocycles. The zero-order chi connectivity index (χ0) is 28.3. The van der Waals surface area contributed by atoms with E-state index in [4.69, 9.17) is 14.2 Å². The van der Waals surface area contributed by atoms with Crippen LogP contribution in [-0.2, 0) is 25.6 Å². The molecule has 1 aliphatic rings. The lowest BCUT2D eigenvalue weighted by molar-refractivity contribution is -0.166. The molecule has 9 heteroatoms. The molecule has 1 aliphatic heterocycles. The van der Waals surface area contributed by atoms with Gasteiger partial charge in [0.15, 0.2) is 5.54 Å². The molecule has 0 saturated carbocycles. The lowest BCUT2D eigenvalue weighted by Gasteiger charge is -2.39. The number of hydrogen-bond acceptors (Lipinski definition) is 6. The Kier molecular flexibility index (Phi) is 8.80. The second kappa shape index (κ2) is 11.3. The van der Waals surface area contributed by atoms with Crippen molar-refractivity contribution in [3.63, 3.8) is 0 Å². The molecule has 8 nitrogen and oxygen atoms in total. The number of rotatable bonds is 5. The number of nitrogens with one attached hydrogen (secondary N) is 1. The maximum absolute atomic E-state index is 13.9. The highest BCUT2D eigenvalue weighted by Crippen LogP contribution is 2.47. The van der Waals surface area contributed by atoms with Gasteiger partial charge in [0.2, 0.25) is 0 Å². The molecule has 0 radical (unpaired) electrons. The van der Waals surface area contributed by atoms with Crippen LogP contribution in [-0.4, -0.2) is 45.8 Å². The number of esters is 1. The number of hydrogen-bond donors (Lipinski definition) is 1. The van der Waals surface area contributed by atoms with Crippen molar-refractivity contribution in [2.75, 3.05) is 0 Å². The first-order chi connectivity index (χ1) is 17.6. The molecule has 0 spiro atoms. The van der Waals surface area contributed by atoms with Crippen LogP contribution < -0.4 is 5.32 Å². The van der Waals surface area contributed by atoms with E-state index in [1.807, 2.05) is 60.7 Å². The minimum absolute atomic E-state index is 0.00335. The second-order valence-corrected chi connectivity index (χ2v) is 12.3. The predicted octanol–water partition coefficient (Wildman–Crippen LogP) is 6.44. The van der Waals surface area contributed by atoms with Gasteiger partial charge in [-0.1, -0.05) is 60.7 Å². The topological polar surface area (TPSA) is 94.2 Å². The summed E-state index contributed by atoms with van der Waals surface area (Å²) in [5.74, 6) is -0.692. The van der Waals surface area contributed by atoms with Gasteiger partial charge >= 0.3 is 18.2 Å². The maximum atomic E-state index is 13.9.